The van der Waals surface area contributed by atoms with Gasteiger partial charge in [0.2, 0.25) is 0 Å². The lowest BCUT2D eigenvalue weighted by molar-refractivity contribution is 0.0281. The number of aromatic nitrogens is 3. The van der Waals surface area contributed by atoms with Crippen LogP contribution in [0.15, 0.2) is 18.3 Å². The quantitative estimate of drug-likeness (QED) is 0.863. The van der Waals surface area contributed by atoms with Crippen molar-refractivity contribution in [2.24, 2.45) is 0 Å². The third-order valence-electron chi connectivity index (χ3n) is 2.75. The molecule has 1 aliphatic heterocycles. The number of halogens is 1. The zero-order valence-corrected chi connectivity index (χ0v) is 10.0. The van der Waals surface area contributed by atoms with E-state index in [-0.39, 0.29) is 6.10 Å². The highest BCUT2D eigenvalue weighted by molar-refractivity contribution is 6.30. The average Bonchev–Trinajstić information content (AvgIpc) is 2.71. The van der Waals surface area contributed by atoms with Crippen molar-refractivity contribution in [3.63, 3.8) is 0 Å². The number of morpholine rings is 1. The molecule has 1 saturated heterocycles. The first-order chi connectivity index (χ1) is 8.31. The number of nitrogens with one attached hydrogen (secondary N) is 1. The van der Waals surface area contributed by atoms with Crippen molar-refractivity contribution >= 4 is 17.2 Å². The van der Waals surface area contributed by atoms with Crippen LogP contribution in [0.1, 0.15) is 5.82 Å². The van der Waals surface area contributed by atoms with Crippen molar-refractivity contribution in [1.82, 2.24) is 19.9 Å². The molecule has 6 heteroatoms. The summed E-state index contributed by atoms with van der Waals surface area (Å²) in [4.78, 5) is 4.43. The van der Waals surface area contributed by atoms with Gasteiger partial charge in [0.25, 0.3) is 0 Å². The Morgan fingerprint density at radius 1 is 1.53 bits per heavy atom. The minimum atomic E-state index is 0.164. The summed E-state index contributed by atoms with van der Waals surface area (Å²) in [7, 11) is 0. The van der Waals surface area contributed by atoms with E-state index < -0.39 is 0 Å². The molecule has 2 aromatic rings. The Morgan fingerprint density at radius 2 is 2.47 bits per heavy atom. The largest absolute Gasteiger partial charge is 0.375 e. The molecule has 0 bridgehead atoms. The van der Waals surface area contributed by atoms with Crippen LogP contribution < -0.4 is 5.32 Å². The molecule has 1 aliphatic rings. The van der Waals surface area contributed by atoms with Gasteiger partial charge in [-0.25, -0.2) is 9.50 Å². The normalized spacial score (nSPS) is 20.9. The minimum absolute atomic E-state index is 0.164. The Bertz CT molecular complexity index is 521. The van der Waals surface area contributed by atoms with Gasteiger partial charge in [0, 0.05) is 25.7 Å². The fourth-order valence-corrected chi connectivity index (χ4v) is 2.10. The first kappa shape index (κ1) is 11.0. The lowest BCUT2D eigenvalue weighted by Crippen LogP contribution is -2.39. The second-order valence-electron chi connectivity index (χ2n) is 4.08. The van der Waals surface area contributed by atoms with Crippen molar-refractivity contribution in [2.75, 3.05) is 19.7 Å². The van der Waals surface area contributed by atoms with E-state index in [9.17, 15) is 0 Å². The third kappa shape index (κ3) is 2.41. The molecule has 1 atom stereocenters. The van der Waals surface area contributed by atoms with Gasteiger partial charge >= 0.3 is 0 Å². The van der Waals surface area contributed by atoms with Crippen molar-refractivity contribution in [2.45, 2.75) is 12.5 Å². The summed E-state index contributed by atoms with van der Waals surface area (Å²) >= 11 is 5.90. The maximum absolute atomic E-state index is 5.90. The summed E-state index contributed by atoms with van der Waals surface area (Å²) in [5.41, 5.74) is 0.813. The highest BCUT2D eigenvalue weighted by atomic mass is 35.5. The number of hydrogen-bond donors (Lipinski definition) is 1. The fourth-order valence-electron chi connectivity index (χ4n) is 1.94. The van der Waals surface area contributed by atoms with E-state index in [1.807, 2.05) is 12.1 Å². The second kappa shape index (κ2) is 4.60. The second-order valence-corrected chi connectivity index (χ2v) is 4.52. The molecule has 0 aromatic carbocycles. The third-order valence-corrected chi connectivity index (χ3v) is 2.98. The highest BCUT2D eigenvalue weighted by Crippen LogP contribution is 2.11. The van der Waals surface area contributed by atoms with Crippen molar-refractivity contribution in [3.8, 4) is 0 Å². The van der Waals surface area contributed by atoms with Crippen molar-refractivity contribution in [1.29, 1.82) is 0 Å². The van der Waals surface area contributed by atoms with Gasteiger partial charge in [0.05, 0.1) is 17.7 Å². The SMILES string of the molecule is Clc1ccc2nc(CC3CNCCO3)nn2c1. The van der Waals surface area contributed by atoms with Crippen LogP contribution in [-0.4, -0.2) is 40.4 Å². The molecule has 3 heterocycles. The maximum Gasteiger partial charge on any atom is 0.155 e. The van der Waals surface area contributed by atoms with Crippen LogP contribution in [-0.2, 0) is 11.2 Å². The van der Waals surface area contributed by atoms with E-state index in [4.69, 9.17) is 16.3 Å². The van der Waals surface area contributed by atoms with Crippen LogP contribution in [0.25, 0.3) is 5.65 Å². The molecule has 1 fully saturated rings. The molecular weight excluding hydrogens is 240 g/mol. The number of nitrogens with zero attached hydrogens (tertiary/aromatic N) is 3. The van der Waals surface area contributed by atoms with Gasteiger partial charge in [-0.1, -0.05) is 11.6 Å². The summed E-state index contributed by atoms with van der Waals surface area (Å²) in [6, 6.07) is 3.67. The number of fused-ring (bicyclic) bond motifs is 1. The van der Waals surface area contributed by atoms with E-state index in [0.717, 1.165) is 37.6 Å². The van der Waals surface area contributed by atoms with Crippen LogP contribution in [0.5, 0.6) is 0 Å². The van der Waals surface area contributed by atoms with Crippen LogP contribution in [0.2, 0.25) is 5.02 Å². The molecule has 17 heavy (non-hydrogen) atoms. The van der Waals surface area contributed by atoms with Gasteiger partial charge in [-0.05, 0) is 12.1 Å². The lowest BCUT2D eigenvalue weighted by Gasteiger charge is -2.22. The maximum atomic E-state index is 5.90. The van der Waals surface area contributed by atoms with Gasteiger partial charge in [-0.15, -0.1) is 0 Å². The molecule has 1 N–H and O–H groups in total. The van der Waals surface area contributed by atoms with Gasteiger partial charge < -0.3 is 10.1 Å². The smallest absolute Gasteiger partial charge is 0.155 e. The summed E-state index contributed by atoms with van der Waals surface area (Å²) in [6.45, 7) is 2.53. The molecule has 0 spiro atoms. The van der Waals surface area contributed by atoms with Crippen LogP contribution in [0.4, 0.5) is 0 Å². The lowest BCUT2D eigenvalue weighted by atomic mass is 10.2. The number of rotatable bonds is 2. The molecule has 3 rings (SSSR count). The van der Waals surface area contributed by atoms with E-state index in [1.165, 1.54) is 0 Å². The van der Waals surface area contributed by atoms with Crippen LogP contribution in [0, 0.1) is 0 Å². The Balaban J connectivity index is 1.80. The predicted octanol–water partition coefficient (Wildman–Crippen LogP) is 0.914. The minimum Gasteiger partial charge on any atom is -0.375 e. The van der Waals surface area contributed by atoms with Gasteiger partial charge in [-0.2, -0.15) is 5.10 Å². The Hall–Kier alpha value is -1.17. The monoisotopic (exact) mass is 252 g/mol. The fraction of sp³-hybridized carbons (Fsp3) is 0.455. The highest BCUT2D eigenvalue weighted by Gasteiger charge is 2.16. The van der Waals surface area contributed by atoms with E-state index >= 15 is 0 Å². The van der Waals surface area contributed by atoms with Gasteiger partial charge in [0.15, 0.2) is 11.5 Å². The Kier molecular flexibility index (Phi) is 2.96. The predicted molar refractivity (Wildman–Crippen MR) is 64.3 cm³/mol. The summed E-state index contributed by atoms with van der Waals surface area (Å²) < 4.78 is 7.33. The molecule has 0 radical (unpaired) electrons. The molecular formula is C11H13ClN4O. The molecule has 2 aromatic heterocycles. The topological polar surface area (TPSA) is 51.5 Å². The number of pyridine rings is 1. The van der Waals surface area contributed by atoms with Crippen molar-refractivity contribution < 1.29 is 4.74 Å². The summed E-state index contributed by atoms with van der Waals surface area (Å²) in [5.74, 6) is 0.793. The van der Waals surface area contributed by atoms with Crippen LogP contribution in [0.3, 0.4) is 0 Å². The first-order valence-corrected chi connectivity index (χ1v) is 6.02. The molecule has 0 amide bonds. The average molecular weight is 253 g/mol. The Labute approximate surface area is 104 Å². The molecule has 0 aliphatic carbocycles. The standard InChI is InChI=1S/C11H13ClN4O/c12-8-1-2-11-14-10(15-16(11)7-8)5-9-6-13-3-4-17-9/h1-2,7,9,13H,3-6H2. The van der Waals surface area contributed by atoms with E-state index in [0.29, 0.717) is 5.02 Å². The van der Waals surface area contributed by atoms with Crippen LogP contribution >= 0.6 is 11.6 Å². The molecule has 0 saturated carbocycles. The summed E-state index contributed by atoms with van der Waals surface area (Å²) in [5, 5.41) is 8.33. The first-order valence-electron chi connectivity index (χ1n) is 5.64. The van der Waals surface area contributed by atoms with Crippen molar-refractivity contribution in [3.05, 3.63) is 29.2 Å². The zero-order valence-electron chi connectivity index (χ0n) is 9.27. The zero-order chi connectivity index (χ0) is 11.7. The molecule has 5 nitrogen and oxygen atoms in total. The van der Waals surface area contributed by atoms with Gasteiger partial charge in [0.1, 0.15) is 0 Å². The molecule has 1 unspecified atom stereocenters. The number of hydrogen-bond acceptors (Lipinski definition) is 4. The number of ether oxygens (including phenoxy) is 1. The summed E-state index contributed by atoms with van der Waals surface area (Å²) in [6.07, 6.45) is 2.65. The Morgan fingerprint density at radius 3 is 3.29 bits per heavy atom. The van der Waals surface area contributed by atoms with E-state index in [1.54, 1.807) is 10.7 Å². The van der Waals surface area contributed by atoms with Gasteiger partial charge in [-0.3, -0.25) is 0 Å². The van der Waals surface area contributed by atoms with E-state index in [2.05, 4.69) is 15.4 Å². The molecule has 90 valence electrons.